The second kappa shape index (κ2) is 7.64. The van der Waals surface area contributed by atoms with Crippen LogP contribution in [0.4, 0.5) is 5.69 Å². The van der Waals surface area contributed by atoms with Gasteiger partial charge in [0.15, 0.2) is 0 Å². The van der Waals surface area contributed by atoms with Crippen molar-refractivity contribution >= 4 is 17.5 Å². The van der Waals surface area contributed by atoms with E-state index in [4.69, 9.17) is 0 Å². The van der Waals surface area contributed by atoms with Crippen LogP contribution in [0.5, 0.6) is 0 Å². The van der Waals surface area contributed by atoms with Gasteiger partial charge in [0.2, 0.25) is 5.91 Å². The number of nitrogens with zero attached hydrogens (tertiary/aromatic N) is 3. The number of hydrogen-bond acceptors (Lipinski definition) is 4. The number of nitrogens with one attached hydrogen (secondary N) is 1. The summed E-state index contributed by atoms with van der Waals surface area (Å²) in [5, 5.41) is 12.3. The van der Waals surface area contributed by atoms with E-state index in [-0.39, 0.29) is 17.4 Å². The van der Waals surface area contributed by atoms with Gasteiger partial charge in [0.25, 0.3) is 5.91 Å². The van der Waals surface area contributed by atoms with Crippen LogP contribution in [0.3, 0.4) is 0 Å². The van der Waals surface area contributed by atoms with Crippen LogP contribution in [0, 0.1) is 25.2 Å². The zero-order valence-corrected chi connectivity index (χ0v) is 14.3. The largest absolute Gasteiger partial charge is 0.360 e. The molecule has 24 heavy (non-hydrogen) atoms. The number of anilines is 1. The summed E-state index contributed by atoms with van der Waals surface area (Å²) in [7, 11) is 0. The molecule has 1 N–H and O–H groups in total. The molecule has 1 aliphatic heterocycles. The molecular formula is C18H22N4O2. The number of carbonyl (C=O) groups is 2. The first-order valence-corrected chi connectivity index (χ1v) is 7.90. The van der Waals surface area contributed by atoms with Crippen LogP contribution in [0.2, 0.25) is 0 Å². The van der Waals surface area contributed by atoms with Gasteiger partial charge in [0.1, 0.15) is 11.6 Å². The van der Waals surface area contributed by atoms with Gasteiger partial charge in [0, 0.05) is 45.0 Å². The number of nitriles is 1. The fraction of sp³-hybridized carbons (Fsp3) is 0.389. The van der Waals surface area contributed by atoms with E-state index < -0.39 is 0 Å². The summed E-state index contributed by atoms with van der Waals surface area (Å²) >= 11 is 0. The first-order chi connectivity index (χ1) is 11.4. The molecule has 1 saturated heterocycles. The van der Waals surface area contributed by atoms with Crippen molar-refractivity contribution in [3.8, 4) is 6.07 Å². The zero-order chi connectivity index (χ0) is 17.7. The molecular weight excluding hydrogens is 304 g/mol. The molecule has 1 aromatic rings. The van der Waals surface area contributed by atoms with E-state index in [1.54, 1.807) is 9.80 Å². The van der Waals surface area contributed by atoms with Crippen molar-refractivity contribution in [2.45, 2.75) is 20.8 Å². The van der Waals surface area contributed by atoms with Crippen LogP contribution in [0.1, 0.15) is 18.1 Å². The Kier molecular flexibility index (Phi) is 5.59. The van der Waals surface area contributed by atoms with Crippen molar-refractivity contribution in [3.05, 3.63) is 41.1 Å². The molecule has 0 aromatic heterocycles. The highest BCUT2D eigenvalue weighted by molar-refractivity contribution is 5.97. The van der Waals surface area contributed by atoms with E-state index in [0.717, 1.165) is 16.8 Å². The summed E-state index contributed by atoms with van der Waals surface area (Å²) in [5.74, 6) is -0.299. The Bertz CT molecular complexity index is 690. The summed E-state index contributed by atoms with van der Waals surface area (Å²) in [5.41, 5.74) is 3.12. The maximum atomic E-state index is 12.5. The molecule has 6 nitrogen and oxygen atoms in total. The van der Waals surface area contributed by atoms with Gasteiger partial charge in [-0.2, -0.15) is 5.26 Å². The molecule has 2 rings (SSSR count). The SMILES string of the molecule is CC(=O)N1CCN(C(=O)/C(C#N)=C\Nc2cc(C)cc(C)c2)CC1. The maximum Gasteiger partial charge on any atom is 0.266 e. The molecule has 0 bridgehead atoms. The molecule has 0 saturated carbocycles. The first-order valence-electron chi connectivity index (χ1n) is 7.90. The minimum absolute atomic E-state index is 0.00892. The monoisotopic (exact) mass is 326 g/mol. The smallest absolute Gasteiger partial charge is 0.266 e. The van der Waals surface area contributed by atoms with E-state index in [1.165, 1.54) is 13.1 Å². The average Bonchev–Trinajstić information content (AvgIpc) is 2.54. The molecule has 1 heterocycles. The number of rotatable bonds is 3. The van der Waals surface area contributed by atoms with Crippen molar-refractivity contribution in [1.29, 1.82) is 5.26 Å². The van der Waals surface area contributed by atoms with Crippen molar-refractivity contribution < 1.29 is 9.59 Å². The van der Waals surface area contributed by atoms with E-state index in [2.05, 4.69) is 11.4 Å². The van der Waals surface area contributed by atoms with E-state index in [9.17, 15) is 14.9 Å². The summed E-state index contributed by atoms with van der Waals surface area (Å²) in [4.78, 5) is 27.1. The highest BCUT2D eigenvalue weighted by atomic mass is 16.2. The molecule has 6 heteroatoms. The summed E-state index contributed by atoms with van der Waals surface area (Å²) < 4.78 is 0. The van der Waals surface area contributed by atoms with Crippen LogP contribution in [0.25, 0.3) is 0 Å². The van der Waals surface area contributed by atoms with Crippen molar-refractivity contribution in [3.63, 3.8) is 0 Å². The fourth-order valence-electron chi connectivity index (χ4n) is 2.75. The lowest BCUT2D eigenvalue weighted by Crippen LogP contribution is -2.50. The third kappa shape index (κ3) is 4.35. The Morgan fingerprint density at radius 2 is 1.62 bits per heavy atom. The number of amides is 2. The van der Waals surface area contributed by atoms with Gasteiger partial charge in [-0.15, -0.1) is 0 Å². The van der Waals surface area contributed by atoms with Crippen LogP contribution in [-0.4, -0.2) is 47.8 Å². The van der Waals surface area contributed by atoms with Gasteiger partial charge in [-0.05, 0) is 37.1 Å². The molecule has 2 amide bonds. The number of piperazine rings is 1. The minimum Gasteiger partial charge on any atom is -0.360 e. The molecule has 1 fully saturated rings. The third-order valence-electron chi connectivity index (χ3n) is 3.97. The predicted molar refractivity (Wildman–Crippen MR) is 92.1 cm³/mol. The fourth-order valence-corrected chi connectivity index (χ4v) is 2.75. The Labute approximate surface area is 142 Å². The Morgan fingerprint density at radius 1 is 1.08 bits per heavy atom. The van der Waals surface area contributed by atoms with Crippen LogP contribution < -0.4 is 5.32 Å². The Balaban J connectivity index is 2.04. The lowest BCUT2D eigenvalue weighted by molar-refractivity contribution is -0.136. The Morgan fingerprint density at radius 3 is 2.12 bits per heavy atom. The van der Waals surface area contributed by atoms with Crippen molar-refractivity contribution in [2.75, 3.05) is 31.5 Å². The zero-order valence-electron chi connectivity index (χ0n) is 14.3. The van der Waals surface area contributed by atoms with Gasteiger partial charge < -0.3 is 15.1 Å². The summed E-state index contributed by atoms with van der Waals surface area (Å²) in [6.45, 7) is 7.40. The molecule has 0 radical (unpaired) electrons. The quantitative estimate of drug-likeness (QED) is 0.679. The average molecular weight is 326 g/mol. The summed E-state index contributed by atoms with van der Waals surface area (Å²) in [6, 6.07) is 7.92. The van der Waals surface area contributed by atoms with E-state index in [0.29, 0.717) is 26.2 Å². The second-order valence-electron chi connectivity index (χ2n) is 5.99. The maximum absolute atomic E-state index is 12.5. The third-order valence-corrected chi connectivity index (χ3v) is 3.97. The standard InChI is InChI=1S/C18H22N4O2/c1-13-8-14(2)10-17(9-13)20-12-16(11-19)18(24)22-6-4-21(5-7-22)15(3)23/h8-10,12,20H,4-7H2,1-3H3/b16-12-. The highest BCUT2D eigenvalue weighted by Crippen LogP contribution is 2.15. The molecule has 0 aliphatic carbocycles. The van der Waals surface area contributed by atoms with Crippen LogP contribution >= 0.6 is 0 Å². The van der Waals surface area contributed by atoms with Crippen LogP contribution in [-0.2, 0) is 9.59 Å². The normalized spacial score (nSPS) is 15.0. The molecule has 1 aliphatic rings. The van der Waals surface area contributed by atoms with Gasteiger partial charge in [-0.1, -0.05) is 6.07 Å². The minimum atomic E-state index is -0.308. The van der Waals surface area contributed by atoms with E-state index in [1.807, 2.05) is 32.0 Å². The van der Waals surface area contributed by atoms with Gasteiger partial charge in [0.05, 0.1) is 0 Å². The predicted octanol–water partition coefficient (Wildman–Crippen LogP) is 1.81. The lowest BCUT2D eigenvalue weighted by atomic mass is 10.1. The first kappa shape index (κ1) is 17.5. The number of aryl methyl sites for hydroxylation is 2. The van der Waals surface area contributed by atoms with Crippen molar-refractivity contribution in [2.24, 2.45) is 0 Å². The number of hydrogen-bond donors (Lipinski definition) is 1. The highest BCUT2D eigenvalue weighted by Gasteiger charge is 2.24. The van der Waals surface area contributed by atoms with Gasteiger partial charge >= 0.3 is 0 Å². The molecule has 0 atom stereocenters. The number of benzene rings is 1. The number of carbonyl (C=O) groups excluding carboxylic acids is 2. The topological polar surface area (TPSA) is 76.4 Å². The molecule has 0 unspecified atom stereocenters. The van der Waals surface area contributed by atoms with Gasteiger partial charge in [-0.25, -0.2) is 0 Å². The molecule has 1 aromatic carbocycles. The van der Waals surface area contributed by atoms with Crippen LogP contribution in [0.15, 0.2) is 30.0 Å². The van der Waals surface area contributed by atoms with Crippen molar-refractivity contribution in [1.82, 2.24) is 9.80 Å². The second-order valence-corrected chi connectivity index (χ2v) is 5.99. The Hall–Kier alpha value is -2.81. The van der Waals surface area contributed by atoms with Gasteiger partial charge in [-0.3, -0.25) is 9.59 Å². The summed E-state index contributed by atoms with van der Waals surface area (Å²) in [6.07, 6.45) is 1.45. The molecule has 126 valence electrons. The van der Waals surface area contributed by atoms with E-state index >= 15 is 0 Å². The molecule has 0 spiro atoms. The lowest BCUT2D eigenvalue weighted by Gasteiger charge is -2.34.